The molecule has 1 aromatic rings. The summed E-state index contributed by atoms with van der Waals surface area (Å²) in [5, 5.41) is 9.50. The number of nitrogens with zero attached hydrogens (tertiary/aromatic N) is 4. The van der Waals surface area contributed by atoms with Crippen molar-refractivity contribution in [2.24, 2.45) is 0 Å². The van der Waals surface area contributed by atoms with Crippen molar-refractivity contribution in [2.45, 2.75) is 44.7 Å². The Hall–Kier alpha value is -1.40. The van der Waals surface area contributed by atoms with Gasteiger partial charge >= 0.3 is 0 Å². The lowest BCUT2D eigenvalue weighted by Gasteiger charge is -2.31. The molecule has 6 heteroatoms. The third-order valence-electron chi connectivity index (χ3n) is 4.75. The number of hydrogen-bond donors (Lipinski definition) is 1. The third kappa shape index (κ3) is 3.33. The summed E-state index contributed by atoms with van der Waals surface area (Å²) >= 11 is 0. The van der Waals surface area contributed by atoms with Gasteiger partial charge < -0.3 is 14.7 Å². The van der Waals surface area contributed by atoms with E-state index in [2.05, 4.69) is 19.8 Å². The Labute approximate surface area is 132 Å². The number of aliphatic hydroxyl groups is 1. The summed E-state index contributed by atoms with van der Waals surface area (Å²) in [7, 11) is 0. The minimum atomic E-state index is 0.273. The van der Waals surface area contributed by atoms with Crippen LogP contribution in [-0.2, 0) is 0 Å². The molecular formula is C16H26N4O2. The molecule has 0 unspecified atom stereocenters. The molecule has 6 nitrogen and oxygen atoms in total. The zero-order valence-electron chi connectivity index (χ0n) is 13.3. The number of aromatic nitrogens is 2. The Bertz CT molecular complexity index is 485. The largest absolute Gasteiger partial charge is 0.478 e. The van der Waals surface area contributed by atoms with Gasteiger partial charge in [0.1, 0.15) is 12.1 Å². The van der Waals surface area contributed by atoms with Crippen molar-refractivity contribution in [3.63, 3.8) is 0 Å². The molecule has 0 aromatic carbocycles. The molecular weight excluding hydrogens is 280 g/mol. The maximum absolute atomic E-state index is 9.50. The van der Waals surface area contributed by atoms with Gasteiger partial charge in [-0.15, -0.1) is 0 Å². The number of hydrogen-bond acceptors (Lipinski definition) is 6. The zero-order valence-corrected chi connectivity index (χ0v) is 13.3. The highest BCUT2D eigenvalue weighted by Gasteiger charge is 2.32. The minimum Gasteiger partial charge on any atom is -0.478 e. The van der Waals surface area contributed by atoms with Gasteiger partial charge in [0.15, 0.2) is 0 Å². The quantitative estimate of drug-likeness (QED) is 0.855. The second-order valence-electron chi connectivity index (χ2n) is 6.11. The molecule has 1 N–H and O–H groups in total. The van der Waals surface area contributed by atoms with Gasteiger partial charge in [0.2, 0.25) is 5.88 Å². The van der Waals surface area contributed by atoms with Gasteiger partial charge in [0.25, 0.3) is 0 Å². The predicted octanol–water partition coefficient (Wildman–Crippen LogP) is 1.30. The van der Waals surface area contributed by atoms with Crippen LogP contribution < -0.4 is 9.64 Å². The Kier molecular flexibility index (Phi) is 5.10. The topological polar surface area (TPSA) is 61.7 Å². The van der Waals surface area contributed by atoms with Crippen LogP contribution in [0.5, 0.6) is 5.88 Å². The first-order valence-electron chi connectivity index (χ1n) is 8.38. The van der Waals surface area contributed by atoms with Crippen molar-refractivity contribution in [1.29, 1.82) is 0 Å². The van der Waals surface area contributed by atoms with Crippen molar-refractivity contribution in [3.05, 3.63) is 12.4 Å². The molecule has 1 aromatic heterocycles. The molecule has 2 atom stereocenters. The van der Waals surface area contributed by atoms with Crippen LogP contribution in [0.3, 0.4) is 0 Å². The summed E-state index contributed by atoms with van der Waals surface area (Å²) in [6.45, 7) is 6.00. The third-order valence-corrected chi connectivity index (χ3v) is 4.75. The monoisotopic (exact) mass is 306 g/mol. The first-order valence-corrected chi connectivity index (χ1v) is 8.38. The van der Waals surface area contributed by atoms with Gasteiger partial charge in [-0.25, -0.2) is 9.97 Å². The predicted molar refractivity (Wildman–Crippen MR) is 85.2 cm³/mol. The summed E-state index contributed by atoms with van der Waals surface area (Å²) in [5.74, 6) is 1.60. The van der Waals surface area contributed by atoms with E-state index < -0.39 is 0 Å². The van der Waals surface area contributed by atoms with Crippen LogP contribution in [0.4, 0.5) is 5.82 Å². The molecule has 0 saturated carbocycles. The van der Waals surface area contributed by atoms with E-state index in [-0.39, 0.29) is 6.61 Å². The highest BCUT2D eigenvalue weighted by atomic mass is 16.5. The summed E-state index contributed by atoms with van der Waals surface area (Å²) in [6, 6.07) is 2.75. The van der Waals surface area contributed by atoms with Crippen molar-refractivity contribution >= 4 is 5.82 Å². The summed E-state index contributed by atoms with van der Waals surface area (Å²) in [6.07, 6.45) is 6.27. The lowest BCUT2D eigenvalue weighted by Crippen LogP contribution is -2.43. The molecule has 0 aliphatic carbocycles. The molecule has 122 valence electrons. The Morgan fingerprint density at radius 1 is 1.23 bits per heavy atom. The Morgan fingerprint density at radius 3 is 2.86 bits per heavy atom. The standard InChI is InChI=1S/C16H26N4O2/c1-2-22-16-9-15(17-12-18-16)20-8-4-5-13(20)10-19-7-3-6-14(19)11-21/h9,12-14,21H,2-8,10-11H2,1H3/t13-,14+/m0/s1. The molecule has 3 heterocycles. The van der Waals surface area contributed by atoms with Crippen molar-refractivity contribution in [3.8, 4) is 5.88 Å². The van der Waals surface area contributed by atoms with Crippen LogP contribution in [0.15, 0.2) is 12.4 Å². The van der Waals surface area contributed by atoms with Gasteiger partial charge in [0.05, 0.1) is 13.2 Å². The van der Waals surface area contributed by atoms with Crippen LogP contribution in [-0.4, -0.2) is 64.9 Å². The van der Waals surface area contributed by atoms with E-state index >= 15 is 0 Å². The molecule has 0 amide bonds. The van der Waals surface area contributed by atoms with Crippen LogP contribution in [0.1, 0.15) is 32.6 Å². The minimum absolute atomic E-state index is 0.273. The molecule has 0 radical (unpaired) electrons. The van der Waals surface area contributed by atoms with E-state index in [4.69, 9.17) is 4.74 Å². The first-order chi connectivity index (χ1) is 10.8. The van der Waals surface area contributed by atoms with E-state index in [1.54, 1.807) is 6.33 Å². The van der Waals surface area contributed by atoms with Crippen LogP contribution >= 0.6 is 0 Å². The molecule has 2 aliphatic heterocycles. The van der Waals surface area contributed by atoms with Gasteiger partial charge in [-0.3, -0.25) is 4.90 Å². The van der Waals surface area contributed by atoms with Crippen molar-refractivity contribution in [2.75, 3.05) is 37.7 Å². The van der Waals surface area contributed by atoms with Gasteiger partial charge in [-0.2, -0.15) is 0 Å². The molecule has 22 heavy (non-hydrogen) atoms. The van der Waals surface area contributed by atoms with Gasteiger partial charge in [-0.1, -0.05) is 0 Å². The molecule has 2 saturated heterocycles. The summed E-state index contributed by atoms with van der Waals surface area (Å²) in [5.41, 5.74) is 0. The highest BCUT2D eigenvalue weighted by Crippen LogP contribution is 2.28. The number of rotatable bonds is 6. The summed E-state index contributed by atoms with van der Waals surface area (Å²) in [4.78, 5) is 13.4. The highest BCUT2D eigenvalue weighted by molar-refractivity contribution is 5.43. The number of ether oxygens (including phenoxy) is 1. The van der Waals surface area contributed by atoms with Crippen LogP contribution in [0.2, 0.25) is 0 Å². The molecule has 0 spiro atoms. The molecule has 3 rings (SSSR count). The van der Waals surface area contributed by atoms with E-state index in [1.807, 2.05) is 13.0 Å². The van der Waals surface area contributed by atoms with Crippen LogP contribution in [0, 0.1) is 0 Å². The number of likely N-dealkylation sites (tertiary alicyclic amines) is 1. The van der Waals surface area contributed by atoms with E-state index in [0.717, 1.165) is 31.9 Å². The van der Waals surface area contributed by atoms with Crippen molar-refractivity contribution < 1.29 is 9.84 Å². The lowest BCUT2D eigenvalue weighted by molar-refractivity contribution is 0.153. The first kappa shape index (κ1) is 15.5. The fraction of sp³-hybridized carbons (Fsp3) is 0.750. The number of aliphatic hydroxyl groups excluding tert-OH is 1. The maximum Gasteiger partial charge on any atom is 0.218 e. The lowest BCUT2D eigenvalue weighted by atomic mass is 10.2. The smallest absolute Gasteiger partial charge is 0.218 e. The van der Waals surface area contributed by atoms with E-state index in [9.17, 15) is 5.11 Å². The van der Waals surface area contributed by atoms with E-state index in [1.165, 1.54) is 19.3 Å². The second kappa shape index (κ2) is 7.24. The van der Waals surface area contributed by atoms with Crippen LogP contribution in [0.25, 0.3) is 0 Å². The van der Waals surface area contributed by atoms with Gasteiger partial charge in [0, 0.05) is 31.2 Å². The Balaban J connectivity index is 1.68. The zero-order chi connectivity index (χ0) is 15.4. The average Bonchev–Trinajstić information content (AvgIpc) is 3.17. The summed E-state index contributed by atoms with van der Waals surface area (Å²) < 4.78 is 5.49. The molecule has 2 fully saturated rings. The Morgan fingerprint density at radius 2 is 2.05 bits per heavy atom. The SMILES string of the molecule is CCOc1cc(N2CCC[C@H]2CN2CCC[C@@H]2CO)ncn1. The fourth-order valence-corrected chi connectivity index (χ4v) is 3.65. The maximum atomic E-state index is 9.50. The number of anilines is 1. The van der Waals surface area contributed by atoms with Gasteiger partial charge in [-0.05, 0) is 39.2 Å². The second-order valence-corrected chi connectivity index (χ2v) is 6.11. The normalized spacial score (nSPS) is 25.8. The molecule has 0 bridgehead atoms. The molecule has 2 aliphatic rings. The van der Waals surface area contributed by atoms with Crippen molar-refractivity contribution in [1.82, 2.24) is 14.9 Å². The fourth-order valence-electron chi connectivity index (χ4n) is 3.65. The van der Waals surface area contributed by atoms with E-state index in [0.29, 0.717) is 24.6 Å². The average molecular weight is 306 g/mol.